The Bertz CT molecular complexity index is 425. The van der Waals surface area contributed by atoms with Crippen LogP contribution in [0.25, 0.3) is 0 Å². The van der Waals surface area contributed by atoms with Gasteiger partial charge in [0.1, 0.15) is 5.75 Å². The van der Waals surface area contributed by atoms with Crippen molar-refractivity contribution in [2.24, 2.45) is 5.92 Å². The van der Waals surface area contributed by atoms with Crippen molar-refractivity contribution in [1.29, 1.82) is 0 Å². The monoisotopic (exact) mass is 274 g/mol. The molecule has 19 heavy (non-hydrogen) atoms. The van der Waals surface area contributed by atoms with Gasteiger partial charge in [-0.15, -0.1) is 0 Å². The normalized spacial score (nSPS) is 14.2. The van der Waals surface area contributed by atoms with Gasteiger partial charge in [0.25, 0.3) is 0 Å². The predicted molar refractivity (Wildman–Crippen MR) is 66.8 cm³/mol. The van der Waals surface area contributed by atoms with Crippen molar-refractivity contribution >= 4 is 0 Å². The van der Waals surface area contributed by atoms with Crippen LogP contribution in [0.5, 0.6) is 5.75 Å². The minimum Gasteiger partial charge on any atom is -0.508 e. The maximum Gasteiger partial charge on any atom is 0.419 e. The van der Waals surface area contributed by atoms with Gasteiger partial charge in [0.05, 0.1) is 6.61 Å². The van der Waals surface area contributed by atoms with Gasteiger partial charge >= 0.3 is 6.18 Å². The molecular formula is C14H17F3O2. The molecule has 0 bridgehead atoms. The van der Waals surface area contributed by atoms with E-state index in [0.717, 1.165) is 0 Å². The predicted octanol–water partition coefficient (Wildman–Crippen LogP) is 4.22. The Hall–Kier alpha value is -1.49. The molecule has 106 valence electrons. The largest absolute Gasteiger partial charge is 0.508 e. The summed E-state index contributed by atoms with van der Waals surface area (Å²) in [5.41, 5.74) is -0.270. The zero-order valence-electron chi connectivity index (χ0n) is 10.8. The summed E-state index contributed by atoms with van der Waals surface area (Å²) in [5.74, 6) is -0.171. The average Bonchev–Trinajstić information content (AvgIpc) is 2.28. The van der Waals surface area contributed by atoms with Crippen molar-refractivity contribution in [2.45, 2.75) is 26.1 Å². The molecule has 0 amide bonds. The number of hydrogen-bond acceptors (Lipinski definition) is 2. The molecule has 0 saturated carbocycles. The second-order valence-electron chi connectivity index (χ2n) is 4.49. The topological polar surface area (TPSA) is 29.5 Å². The molecule has 0 fully saturated rings. The SMILES string of the molecule is CC(C)/C=C\COC(c1ccccc1O)C(F)(F)F. The molecule has 0 saturated heterocycles. The third kappa shape index (κ3) is 4.95. The summed E-state index contributed by atoms with van der Waals surface area (Å²) in [6, 6.07) is 5.31. The van der Waals surface area contributed by atoms with Crippen LogP contribution >= 0.6 is 0 Å². The van der Waals surface area contributed by atoms with E-state index in [1.54, 1.807) is 12.2 Å². The van der Waals surface area contributed by atoms with Crippen molar-refractivity contribution in [3.63, 3.8) is 0 Å². The highest BCUT2D eigenvalue weighted by Crippen LogP contribution is 2.39. The highest BCUT2D eigenvalue weighted by atomic mass is 19.4. The minimum absolute atomic E-state index is 0.156. The molecule has 0 aliphatic carbocycles. The number of alkyl halides is 3. The summed E-state index contributed by atoms with van der Waals surface area (Å²) in [6.45, 7) is 3.68. The molecule has 0 aromatic heterocycles. The molecule has 1 N–H and O–H groups in total. The standard InChI is InChI=1S/C14H17F3O2/c1-10(2)6-5-9-19-13(14(15,16)17)11-7-3-4-8-12(11)18/h3-8,10,13,18H,9H2,1-2H3/b6-5-. The average molecular weight is 274 g/mol. The van der Waals surface area contributed by atoms with E-state index in [1.807, 2.05) is 13.8 Å². The van der Waals surface area contributed by atoms with E-state index in [1.165, 1.54) is 24.3 Å². The molecule has 0 aliphatic heterocycles. The molecule has 1 aromatic carbocycles. The number of aromatic hydroxyl groups is 1. The van der Waals surface area contributed by atoms with Crippen molar-refractivity contribution in [3.8, 4) is 5.75 Å². The van der Waals surface area contributed by atoms with Crippen LogP contribution in [0.3, 0.4) is 0 Å². The quantitative estimate of drug-likeness (QED) is 0.814. The maximum atomic E-state index is 12.9. The van der Waals surface area contributed by atoms with Crippen molar-refractivity contribution in [1.82, 2.24) is 0 Å². The van der Waals surface area contributed by atoms with Gasteiger partial charge in [-0.25, -0.2) is 0 Å². The molecule has 1 atom stereocenters. The number of benzene rings is 1. The van der Waals surface area contributed by atoms with E-state index >= 15 is 0 Å². The number of rotatable bonds is 5. The first-order valence-corrected chi connectivity index (χ1v) is 5.95. The first-order chi connectivity index (χ1) is 8.82. The van der Waals surface area contributed by atoms with Gasteiger partial charge in [0.15, 0.2) is 6.10 Å². The lowest BCUT2D eigenvalue weighted by Crippen LogP contribution is -2.23. The number of halogens is 3. The van der Waals surface area contributed by atoms with Crippen LogP contribution in [0, 0.1) is 5.92 Å². The van der Waals surface area contributed by atoms with Gasteiger partial charge < -0.3 is 9.84 Å². The van der Waals surface area contributed by atoms with Gasteiger partial charge in [0, 0.05) is 5.56 Å². The van der Waals surface area contributed by atoms with Gasteiger partial charge in [0.2, 0.25) is 0 Å². The number of phenolic OH excluding ortho intramolecular Hbond substituents is 1. The first kappa shape index (κ1) is 15.6. The fraction of sp³-hybridized carbons (Fsp3) is 0.429. The van der Waals surface area contributed by atoms with E-state index in [-0.39, 0.29) is 18.1 Å². The van der Waals surface area contributed by atoms with E-state index in [4.69, 9.17) is 4.74 Å². The summed E-state index contributed by atoms with van der Waals surface area (Å²) >= 11 is 0. The molecular weight excluding hydrogens is 257 g/mol. The molecule has 0 spiro atoms. The van der Waals surface area contributed by atoms with E-state index < -0.39 is 18.0 Å². The summed E-state index contributed by atoms with van der Waals surface area (Å²) in [5, 5.41) is 9.49. The van der Waals surface area contributed by atoms with Gasteiger partial charge in [-0.2, -0.15) is 13.2 Å². The second-order valence-corrected chi connectivity index (χ2v) is 4.49. The highest BCUT2D eigenvalue weighted by molar-refractivity contribution is 5.34. The van der Waals surface area contributed by atoms with Crippen LogP contribution < -0.4 is 0 Å². The highest BCUT2D eigenvalue weighted by Gasteiger charge is 2.42. The third-order valence-electron chi connectivity index (χ3n) is 2.40. The Morgan fingerprint density at radius 3 is 2.42 bits per heavy atom. The summed E-state index contributed by atoms with van der Waals surface area (Å²) < 4.78 is 43.6. The number of hydrogen-bond donors (Lipinski definition) is 1. The van der Waals surface area contributed by atoms with Crippen molar-refractivity contribution < 1.29 is 23.0 Å². The number of para-hydroxylation sites is 1. The van der Waals surface area contributed by atoms with Crippen LogP contribution in [-0.2, 0) is 4.74 Å². The van der Waals surface area contributed by atoms with Gasteiger partial charge in [-0.1, -0.05) is 44.2 Å². The Morgan fingerprint density at radius 1 is 1.26 bits per heavy atom. The number of ether oxygens (including phenoxy) is 1. The molecule has 1 aromatic rings. The van der Waals surface area contributed by atoms with Crippen LogP contribution in [0.2, 0.25) is 0 Å². The maximum absolute atomic E-state index is 12.9. The van der Waals surface area contributed by atoms with Crippen LogP contribution in [-0.4, -0.2) is 17.9 Å². The lowest BCUT2D eigenvalue weighted by molar-refractivity contribution is -0.221. The molecule has 0 aliphatic rings. The second kappa shape index (κ2) is 6.61. The van der Waals surface area contributed by atoms with E-state index in [2.05, 4.69) is 0 Å². The molecule has 1 unspecified atom stereocenters. The Balaban J connectivity index is 2.83. The summed E-state index contributed by atoms with van der Waals surface area (Å²) in [6.07, 6.45) is -3.38. The van der Waals surface area contributed by atoms with E-state index in [9.17, 15) is 18.3 Å². The molecule has 0 heterocycles. The Labute approximate surface area is 110 Å². The lowest BCUT2D eigenvalue weighted by atomic mass is 10.1. The van der Waals surface area contributed by atoms with Crippen LogP contribution in [0.4, 0.5) is 13.2 Å². The first-order valence-electron chi connectivity index (χ1n) is 5.95. The van der Waals surface area contributed by atoms with Gasteiger partial charge in [-0.05, 0) is 12.0 Å². The fourth-order valence-corrected chi connectivity index (χ4v) is 1.55. The summed E-state index contributed by atoms with van der Waals surface area (Å²) in [4.78, 5) is 0. The fourth-order valence-electron chi connectivity index (χ4n) is 1.55. The van der Waals surface area contributed by atoms with Gasteiger partial charge in [-0.3, -0.25) is 0 Å². The van der Waals surface area contributed by atoms with Crippen molar-refractivity contribution in [2.75, 3.05) is 6.61 Å². The molecule has 2 nitrogen and oxygen atoms in total. The van der Waals surface area contributed by atoms with Crippen LogP contribution in [0.15, 0.2) is 36.4 Å². The van der Waals surface area contributed by atoms with E-state index in [0.29, 0.717) is 0 Å². The van der Waals surface area contributed by atoms with Crippen molar-refractivity contribution in [3.05, 3.63) is 42.0 Å². The molecule has 1 rings (SSSR count). The van der Waals surface area contributed by atoms with Crippen LogP contribution in [0.1, 0.15) is 25.5 Å². The minimum atomic E-state index is -4.56. The molecule has 5 heteroatoms. The zero-order valence-corrected chi connectivity index (χ0v) is 10.8. The number of allylic oxidation sites excluding steroid dienone is 1. The zero-order chi connectivity index (χ0) is 14.5. The smallest absolute Gasteiger partial charge is 0.419 e. The molecule has 0 radical (unpaired) electrons. The Kier molecular flexibility index (Phi) is 5.42. The third-order valence-corrected chi connectivity index (χ3v) is 2.40. The summed E-state index contributed by atoms with van der Waals surface area (Å²) in [7, 11) is 0. The lowest BCUT2D eigenvalue weighted by Gasteiger charge is -2.21. The number of phenols is 1. The Morgan fingerprint density at radius 2 is 1.89 bits per heavy atom.